The summed E-state index contributed by atoms with van der Waals surface area (Å²) in [5.74, 6) is -0.270. The standard InChI is InChI=1S/C21H23ClFN5O/c1-11(2)7-17-18-19(26-25-17)21(29)28(14-9-24-27(10-14)12(3)4)20(18)15-6-5-13(23)8-16(15)22/h5-6,8-12,20H,7H2,1-4H3,(H,25,26). The third-order valence-corrected chi connectivity index (χ3v) is 5.43. The Morgan fingerprint density at radius 3 is 2.66 bits per heavy atom. The van der Waals surface area contributed by atoms with E-state index in [1.165, 1.54) is 12.1 Å². The molecule has 3 heterocycles. The molecule has 29 heavy (non-hydrogen) atoms. The highest BCUT2D eigenvalue weighted by atomic mass is 35.5. The van der Waals surface area contributed by atoms with Crippen molar-refractivity contribution in [3.8, 4) is 0 Å². The maximum atomic E-state index is 13.7. The molecule has 0 spiro atoms. The van der Waals surface area contributed by atoms with E-state index in [4.69, 9.17) is 11.6 Å². The number of nitrogens with one attached hydrogen (secondary N) is 1. The van der Waals surface area contributed by atoms with E-state index in [2.05, 4.69) is 29.1 Å². The lowest BCUT2D eigenvalue weighted by Gasteiger charge is -2.26. The third kappa shape index (κ3) is 3.33. The van der Waals surface area contributed by atoms with Crippen LogP contribution in [0.5, 0.6) is 0 Å². The molecule has 3 aromatic rings. The van der Waals surface area contributed by atoms with Gasteiger partial charge >= 0.3 is 0 Å². The fourth-order valence-corrected chi connectivity index (χ4v) is 4.06. The Morgan fingerprint density at radius 1 is 1.28 bits per heavy atom. The average molecular weight is 416 g/mol. The van der Waals surface area contributed by atoms with Crippen LogP contribution in [0.25, 0.3) is 0 Å². The first-order valence-corrected chi connectivity index (χ1v) is 10.1. The van der Waals surface area contributed by atoms with Gasteiger partial charge in [-0.2, -0.15) is 10.2 Å². The van der Waals surface area contributed by atoms with Crippen LogP contribution in [0.1, 0.15) is 67.1 Å². The van der Waals surface area contributed by atoms with Crippen molar-refractivity contribution in [3.05, 3.63) is 63.9 Å². The second-order valence-corrected chi connectivity index (χ2v) is 8.49. The number of hydrogen-bond acceptors (Lipinski definition) is 3. The normalized spacial score (nSPS) is 16.3. The van der Waals surface area contributed by atoms with Crippen molar-refractivity contribution >= 4 is 23.2 Å². The summed E-state index contributed by atoms with van der Waals surface area (Å²) in [6.45, 7) is 8.24. The van der Waals surface area contributed by atoms with Crippen molar-refractivity contribution in [2.75, 3.05) is 4.90 Å². The zero-order chi connectivity index (χ0) is 20.9. The summed E-state index contributed by atoms with van der Waals surface area (Å²) >= 11 is 6.43. The summed E-state index contributed by atoms with van der Waals surface area (Å²) in [6, 6.07) is 3.93. The third-order valence-electron chi connectivity index (χ3n) is 5.10. The minimum atomic E-state index is -0.497. The molecule has 0 saturated carbocycles. The number of hydrogen-bond donors (Lipinski definition) is 1. The van der Waals surface area contributed by atoms with Crippen LogP contribution in [-0.2, 0) is 6.42 Å². The van der Waals surface area contributed by atoms with Gasteiger partial charge in [0.05, 0.1) is 17.9 Å². The van der Waals surface area contributed by atoms with Gasteiger partial charge in [-0.3, -0.25) is 19.5 Å². The molecule has 0 bridgehead atoms. The Balaban J connectivity index is 1.89. The predicted octanol–water partition coefficient (Wildman–Crippen LogP) is 4.93. The van der Waals surface area contributed by atoms with Gasteiger partial charge in [-0.1, -0.05) is 31.5 Å². The lowest BCUT2D eigenvalue weighted by Crippen LogP contribution is -2.29. The molecule has 0 radical (unpaired) electrons. The summed E-state index contributed by atoms with van der Waals surface area (Å²) < 4.78 is 15.5. The van der Waals surface area contributed by atoms with Crippen LogP contribution in [0.2, 0.25) is 5.02 Å². The van der Waals surface area contributed by atoms with Crippen LogP contribution in [0.4, 0.5) is 10.1 Å². The van der Waals surface area contributed by atoms with Crippen molar-refractivity contribution < 1.29 is 9.18 Å². The van der Waals surface area contributed by atoms with Crippen molar-refractivity contribution in [2.45, 2.75) is 46.2 Å². The fourth-order valence-electron chi connectivity index (χ4n) is 3.79. The Hall–Kier alpha value is -2.67. The molecule has 2 aromatic heterocycles. The van der Waals surface area contributed by atoms with Gasteiger partial charge in [0.1, 0.15) is 5.82 Å². The molecule has 152 valence electrons. The summed E-state index contributed by atoms with van der Waals surface area (Å²) in [5.41, 5.74) is 3.39. The highest BCUT2D eigenvalue weighted by molar-refractivity contribution is 6.31. The molecule has 1 aliphatic rings. The van der Waals surface area contributed by atoms with Gasteiger partial charge in [-0.25, -0.2) is 4.39 Å². The molecule has 1 amide bonds. The number of fused-ring (bicyclic) bond motifs is 1. The van der Waals surface area contributed by atoms with Gasteiger partial charge in [0.15, 0.2) is 5.69 Å². The second kappa shape index (κ2) is 7.30. The van der Waals surface area contributed by atoms with Gasteiger partial charge in [0, 0.05) is 28.5 Å². The van der Waals surface area contributed by atoms with Gasteiger partial charge in [0.25, 0.3) is 5.91 Å². The van der Waals surface area contributed by atoms with E-state index >= 15 is 0 Å². The number of carbonyl (C=O) groups is 1. The lowest BCUT2D eigenvalue weighted by molar-refractivity contribution is 0.0988. The molecule has 1 unspecified atom stereocenters. The minimum Gasteiger partial charge on any atom is -0.292 e. The Labute approximate surface area is 173 Å². The van der Waals surface area contributed by atoms with Gasteiger partial charge in [-0.15, -0.1) is 0 Å². The highest BCUT2D eigenvalue weighted by Gasteiger charge is 2.44. The lowest BCUT2D eigenvalue weighted by atomic mass is 9.95. The smallest absolute Gasteiger partial charge is 0.280 e. The van der Waals surface area contributed by atoms with Crippen LogP contribution >= 0.6 is 11.6 Å². The van der Waals surface area contributed by atoms with Crippen molar-refractivity contribution in [3.63, 3.8) is 0 Å². The number of benzene rings is 1. The Morgan fingerprint density at radius 2 is 2.03 bits per heavy atom. The van der Waals surface area contributed by atoms with Gasteiger partial charge < -0.3 is 0 Å². The Bertz CT molecular complexity index is 1070. The fraction of sp³-hybridized carbons (Fsp3) is 0.381. The first-order chi connectivity index (χ1) is 13.8. The molecule has 6 nitrogen and oxygen atoms in total. The number of rotatable bonds is 5. The largest absolute Gasteiger partial charge is 0.292 e. The number of anilines is 1. The molecule has 8 heteroatoms. The number of carbonyl (C=O) groups excluding carboxylic acids is 1. The first kappa shape index (κ1) is 19.6. The number of halogens is 2. The van der Waals surface area contributed by atoms with E-state index in [-0.39, 0.29) is 17.0 Å². The SMILES string of the molecule is CC(C)Cc1[nH]nc2c1C(c1ccc(F)cc1Cl)N(c1cnn(C(C)C)c1)C2=O. The van der Waals surface area contributed by atoms with E-state index in [1.54, 1.807) is 21.8 Å². The van der Waals surface area contributed by atoms with Crippen LogP contribution in [0, 0.1) is 11.7 Å². The van der Waals surface area contributed by atoms with E-state index in [0.717, 1.165) is 17.7 Å². The van der Waals surface area contributed by atoms with Crippen LogP contribution in [0.3, 0.4) is 0 Å². The molecule has 1 aromatic carbocycles. The number of aromatic nitrogens is 4. The number of amides is 1. The summed E-state index contributed by atoms with van der Waals surface area (Å²) in [7, 11) is 0. The number of aromatic amines is 1. The van der Waals surface area contributed by atoms with Gasteiger partial charge in [-0.05, 0) is 43.9 Å². The highest BCUT2D eigenvalue weighted by Crippen LogP contribution is 2.44. The monoisotopic (exact) mass is 415 g/mol. The Kier molecular flexibility index (Phi) is 4.94. The zero-order valence-corrected chi connectivity index (χ0v) is 17.5. The predicted molar refractivity (Wildman–Crippen MR) is 110 cm³/mol. The summed E-state index contributed by atoms with van der Waals surface area (Å²) in [5, 5.41) is 12.0. The molecule has 0 saturated heterocycles. The second-order valence-electron chi connectivity index (χ2n) is 8.08. The molecule has 0 aliphatic carbocycles. The molecule has 1 N–H and O–H groups in total. The average Bonchev–Trinajstić information content (AvgIpc) is 3.32. The maximum absolute atomic E-state index is 13.7. The number of H-pyrrole nitrogens is 1. The van der Waals surface area contributed by atoms with E-state index in [0.29, 0.717) is 22.9 Å². The molecule has 4 rings (SSSR count). The van der Waals surface area contributed by atoms with Crippen molar-refractivity contribution in [1.29, 1.82) is 0 Å². The summed E-state index contributed by atoms with van der Waals surface area (Å²) in [6.07, 6.45) is 4.24. The minimum absolute atomic E-state index is 0.156. The number of nitrogens with zero attached hydrogens (tertiary/aromatic N) is 4. The summed E-state index contributed by atoms with van der Waals surface area (Å²) in [4.78, 5) is 15.0. The quantitative estimate of drug-likeness (QED) is 0.642. The molecular formula is C21H23ClFN5O. The van der Waals surface area contributed by atoms with Crippen LogP contribution < -0.4 is 4.90 Å². The van der Waals surface area contributed by atoms with Gasteiger partial charge in [0.2, 0.25) is 0 Å². The van der Waals surface area contributed by atoms with E-state index < -0.39 is 11.9 Å². The van der Waals surface area contributed by atoms with Crippen molar-refractivity contribution in [2.24, 2.45) is 5.92 Å². The first-order valence-electron chi connectivity index (χ1n) is 9.67. The zero-order valence-electron chi connectivity index (χ0n) is 16.8. The van der Waals surface area contributed by atoms with Crippen LogP contribution in [0.15, 0.2) is 30.6 Å². The van der Waals surface area contributed by atoms with Crippen LogP contribution in [-0.4, -0.2) is 25.9 Å². The molecule has 1 aliphatic heterocycles. The molecular weight excluding hydrogens is 393 g/mol. The maximum Gasteiger partial charge on any atom is 0.280 e. The topological polar surface area (TPSA) is 66.8 Å². The molecule has 1 atom stereocenters. The van der Waals surface area contributed by atoms with E-state index in [1.807, 2.05) is 20.0 Å². The van der Waals surface area contributed by atoms with Crippen molar-refractivity contribution in [1.82, 2.24) is 20.0 Å². The molecule has 0 fully saturated rings. The van der Waals surface area contributed by atoms with E-state index in [9.17, 15) is 9.18 Å².